The third kappa shape index (κ3) is 3.26. The predicted octanol–water partition coefficient (Wildman–Crippen LogP) is 2.20. The van der Waals surface area contributed by atoms with E-state index in [4.69, 9.17) is 4.74 Å². The van der Waals surface area contributed by atoms with Crippen molar-refractivity contribution in [1.29, 1.82) is 0 Å². The van der Waals surface area contributed by atoms with E-state index in [9.17, 15) is 9.59 Å². The molecule has 1 N–H and O–H groups in total. The molecule has 2 rings (SSSR count). The zero-order valence-electron chi connectivity index (χ0n) is 11.8. The Morgan fingerprint density at radius 1 is 1.35 bits per heavy atom. The summed E-state index contributed by atoms with van der Waals surface area (Å²) in [6.45, 7) is 3.87. The van der Waals surface area contributed by atoms with Crippen LogP contribution in [-0.2, 0) is 20.7 Å². The second-order valence-corrected chi connectivity index (χ2v) is 4.90. The maximum Gasteiger partial charge on any atom is 0.336 e. The molecule has 1 unspecified atom stereocenters. The van der Waals surface area contributed by atoms with Crippen LogP contribution in [0.4, 0.5) is 0 Å². The Kier molecular flexibility index (Phi) is 4.56. The van der Waals surface area contributed by atoms with Gasteiger partial charge in [-0.15, -0.1) is 0 Å². The summed E-state index contributed by atoms with van der Waals surface area (Å²) >= 11 is 0. The van der Waals surface area contributed by atoms with Crippen molar-refractivity contribution >= 4 is 11.9 Å². The lowest BCUT2D eigenvalue weighted by Gasteiger charge is -2.26. The first-order chi connectivity index (χ1) is 9.61. The van der Waals surface area contributed by atoms with E-state index in [0.29, 0.717) is 30.7 Å². The number of esters is 1. The Morgan fingerprint density at radius 2 is 2.05 bits per heavy atom. The molecule has 1 atom stereocenters. The standard InChI is InChI=1S/C16H19NO3/c1-3-20-16(19)15-11(2)17-14(18)10-13(15)9-12-7-5-4-6-8-12/h4-8,13H,3,9-10H2,1-2H3,(H,17,18). The van der Waals surface area contributed by atoms with Gasteiger partial charge in [-0.2, -0.15) is 0 Å². The highest BCUT2D eigenvalue weighted by Gasteiger charge is 2.31. The first kappa shape index (κ1) is 14.3. The molecule has 1 aromatic rings. The van der Waals surface area contributed by atoms with Crippen LogP contribution in [0.25, 0.3) is 0 Å². The quantitative estimate of drug-likeness (QED) is 0.856. The lowest BCUT2D eigenvalue weighted by Crippen LogP contribution is -2.36. The van der Waals surface area contributed by atoms with Gasteiger partial charge in [-0.05, 0) is 25.8 Å². The lowest BCUT2D eigenvalue weighted by molar-refractivity contribution is -0.139. The van der Waals surface area contributed by atoms with E-state index in [-0.39, 0.29) is 17.8 Å². The topological polar surface area (TPSA) is 55.4 Å². The van der Waals surface area contributed by atoms with Gasteiger partial charge in [0.25, 0.3) is 0 Å². The van der Waals surface area contributed by atoms with Crippen molar-refractivity contribution in [2.75, 3.05) is 6.61 Å². The average Bonchev–Trinajstić information content (AvgIpc) is 2.39. The van der Waals surface area contributed by atoms with Gasteiger partial charge in [0, 0.05) is 18.0 Å². The first-order valence-corrected chi connectivity index (χ1v) is 6.83. The van der Waals surface area contributed by atoms with Crippen molar-refractivity contribution in [3.05, 3.63) is 47.2 Å². The maximum absolute atomic E-state index is 12.1. The van der Waals surface area contributed by atoms with Gasteiger partial charge in [-0.25, -0.2) is 4.79 Å². The van der Waals surface area contributed by atoms with Crippen LogP contribution >= 0.6 is 0 Å². The zero-order chi connectivity index (χ0) is 14.5. The Balaban J connectivity index is 2.25. The number of benzene rings is 1. The van der Waals surface area contributed by atoms with Gasteiger partial charge in [0.05, 0.1) is 12.2 Å². The summed E-state index contributed by atoms with van der Waals surface area (Å²) in [7, 11) is 0. The second-order valence-electron chi connectivity index (χ2n) is 4.90. The number of hydrogen-bond acceptors (Lipinski definition) is 3. The molecule has 4 heteroatoms. The minimum absolute atomic E-state index is 0.0449. The van der Waals surface area contributed by atoms with Crippen molar-refractivity contribution in [2.24, 2.45) is 5.92 Å². The van der Waals surface area contributed by atoms with Gasteiger partial charge < -0.3 is 10.1 Å². The van der Waals surface area contributed by atoms with Gasteiger partial charge >= 0.3 is 5.97 Å². The number of nitrogens with one attached hydrogen (secondary N) is 1. The summed E-state index contributed by atoms with van der Waals surface area (Å²) in [5, 5.41) is 2.72. The largest absolute Gasteiger partial charge is 0.463 e. The van der Waals surface area contributed by atoms with E-state index < -0.39 is 0 Å². The van der Waals surface area contributed by atoms with Crippen LogP contribution in [-0.4, -0.2) is 18.5 Å². The van der Waals surface area contributed by atoms with Gasteiger partial charge in [0.1, 0.15) is 0 Å². The Hall–Kier alpha value is -2.10. The minimum Gasteiger partial charge on any atom is -0.463 e. The molecule has 0 radical (unpaired) electrons. The fourth-order valence-corrected chi connectivity index (χ4v) is 2.56. The number of hydrogen-bond donors (Lipinski definition) is 1. The molecule has 4 nitrogen and oxygen atoms in total. The first-order valence-electron chi connectivity index (χ1n) is 6.83. The monoisotopic (exact) mass is 273 g/mol. The maximum atomic E-state index is 12.1. The molecule has 20 heavy (non-hydrogen) atoms. The predicted molar refractivity (Wildman–Crippen MR) is 75.7 cm³/mol. The Bertz CT molecular complexity index is 534. The minimum atomic E-state index is -0.328. The molecule has 0 spiro atoms. The van der Waals surface area contributed by atoms with Crippen LogP contribution in [0.3, 0.4) is 0 Å². The van der Waals surface area contributed by atoms with Gasteiger partial charge in [-0.3, -0.25) is 4.79 Å². The normalized spacial score (nSPS) is 18.7. The highest BCUT2D eigenvalue weighted by atomic mass is 16.5. The molecule has 1 aliphatic heterocycles. The van der Waals surface area contributed by atoms with Crippen molar-refractivity contribution in [2.45, 2.75) is 26.7 Å². The molecule has 0 saturated heterocycles. The third-order valence-electron chi connectivity index (χ3n) is 3.39. The highest BCUT2D eigenvalue weighted by Crippen LogP contribution is 2.27. The van der Waals surface area contributed by atoms with Crippen molar-refractivity contribution in [1.82, 2.24) is 5.32 Å². The summed E-state index contributed by atoms with van der Waals surface area (Å²) in [5.74, 6) is -0.493. The number of allylic oxidation sites excluding steroid dienone is 1. The molecule has 0 aromatic heterocycles. The molecule has 1 heterocycles. The van der Waals surface area contributed by atoms with Crippen LogP contribution < -0.4 is 5.32 Å². The molecule has 0 saturated carbocycles. The summed E-state index contributed by atoms with van der Waals surface area (Å²) in [5.41, 5.74) is 2.32. The number of rotatable bonds is 4. The Morgan fingerprint density at radius 3 is 2.70 bits per heavy atom. The molecular weight excluding hydrogens is 254 g/mol. The van der Waals surface area contributed by atoms with E-state index >= 15 is 0 Å². The summed E-state index contributed by atoms with van der Waals surface area (Å²) < 4.78 is 5.11. The number of amides is 1. The lowest BCUT2D eigenvalue weighted by atomic mass is 9.85. The fourth-order valence-electron chi connectivity index (χ4n) is 2.56. The van der Waals surface area contributed by atoms with E-state index in [1.54, 1.807) is 13.8 Å². The van der Waals surface area contributed by atoms with E-state index in [1.165, 1.54) is 0 Å². The molecule has 106 valence electrons. The molecule has 0 fully saturated rings. The zero-order valence-corrected chi connectivity index (χ0v) is 11.8. The SMILES string of the molecule is CCOC(=O)C1=C(C)NC(=O)CC1Cc1ccccc1. The van der Waals surface area contributed by atoms with Crippen LogP contribution in [0.1, 0.15) is 25.8 Å². The van der Waals surface area contributed by atoms with E-state index in [2.05, 4.69) is 5.32 Å². The van der Waals surface area contributed by atoms with Gasteiger partial charge in [-0.1, -0.05) is 30.3 Å². The molecule has 1 amide bonds. The van der Waals surface area contributed by atoms with Crippen LogP contribution in [0.2, 0.25) is 0 Å². The van der Waals surface area contributed by atoms with Crippen LogP contribution in [0, 0.1) is 5.92 Å². The van der Waals surface area contributed by atoms with Crippen molar-refractivity contribution < 1.29 is 14.3 Å². The molecule has 0 aliphatic carbocycles. The third-order valence-corrected chi connectivity index (χ3v) is 3.39. The molecule has 1 aliphatic rings. The molecule has 1 aromatic carbocycles. The van der Waals surface area contributed by atoms with Crippen LogP contribution in [0.15, 0.2) is 41.6 Å². The fraction of sp³-hybridized carbons (Fsp3) is 0.375. The Labute approximate surface area is 118 Å². The summed E-state index contributed by atoms with van der Waals surface area (Å²) in [6, 6.07) is 9.87. The van der Waals surface area contributed by atoms with E-state index in [1.807, 2.05) is 30.3 Å². The molecular formula is C16H19NO3. The second kappa shape index (κ2) is 6.37. The van der Waals surface area contributed by atoms with E-state index in [0.717, 1.165) is 5.56 Å². The number of ether oxygens (including phenoxy) is 1. The van der Waals surface area contributed by atoms with Crippen molar-refractivity contribution in [3.8, 4) is 0 Å². The molecule has 0 bridgehead atoms. The summed E-state index contributed by atoms with van der Waals surface area (Å²) in [4.78, 5) is 23.8. The smallest absolute Gasteiger partial charge is 0.336 e. The van der Waals surface area contributed by atoms with Gasteiger partial charge in [0.15, 0.2) is 0 Å². The highest BCUT2D eigenvalue weighted by molar-refractivity contribution is 5.94. The number of carbonyl (C=O) groups excluding carboxylic acids is 2. The average molecular weight is 273 g/mol. The van der Waals surface area contributed by atoms with Crippen molar-refractivity contribution in [3.63, 3.8) is 0 Å². The number of carbonyl (C=O) groups is 2. The summed E-state index contributed by atoms with van der Waals surface area (Å²) in [6.07, 6.45) is 0.986. The van der Waals surface area contributed by atoms with Crippen LogP contribution in [0.5, 0.6) is 0 Å². The van der Waals surface area contributed by atoms with Gasteiger partial charge in [0.2, 0.25) is 5.91 Å².